The summed E-state index contributed by atoms with van der Waals surface area (Å²) in [5.41, 5.74) is -0.416. The van der Waals surface area contributed by atoms with Gasteiger partial charge in [-0.3, -0.25) is 0 Å². The van der Waals surface area contributed by atoms with Crippen LogP contribution in [0, 0.1) is 0 Å². The normalized spacial score (nSPS) is 23.0. The summed E-state index contributed by atoms with van der Waals surface area (Å²) < 4.78 is 10.5. The highest BCUT2D eigenvalue weighted by Crippen LogP contribution is 2.41. The van der Waals surface area contributed by atoms with Crippen LogP contribution in [-0.2, 0) is 6.42 Å². The second-order valence-electron chi connectivity index (χ2n) is 5.70. The number of hydrogen-bond donors (Lipinski definition) is 4. The van der Waals surface area contributed by atoms with Gasteiger partial charge in [0.05, 0.1) is 7.11 Å². The zero-order valence-corrected chi connectivity index (χ0v) is 12.6. The predicted octanol–water partition coefficient (Wildman–Crippen LogP) is 1.51. The van der Waals surface area contributed by atoms with Gasteiger partial charge < -0.3 is 29.9 Å². The van der Waals surface area contributed by atoms with E-state index in [2.05, 4.69) is 0 Å². The molecule has 1 aliphatic heterocycles. The molecule has 1 aliphatic rings. The van der Waals surface area contributed by atoms with Crippen LogP contribution in [0.2, 0.25) is 0 Å². The SMILES string of the molecule is COc1cc(C[C@@]2(O)COc3cc(O)ccc3[C@@H]2O)ccc1O. The van der Waals surface area contributed by atoms with Crippen molar-refractivity contribution in [3.05, 3.63) is 47.5 Å². The molecule has 0 radical (unpaired) electrons. The van der Waals surface area contributed by atoms with E-state index in [1.54, 1.807) is 12.1 Å². The van der Waals surface area contributed by atoms with E-state index in [1.807, 2.05) is 0 Å². The second-order valence-corrected chi connectivity index (χ2v) is 5.70. The van der Waals surface area contributed by atoms with E-state index in [9.17, 15) is 20.4 Å². The number of aliphatic hydroxyl groups is 2. The quantitative estimate of drug-likeness (QED) is 0.684. The van der Waals surface area contributed by atoms with Crippen molar-refractivity contribution >= 4 is 0 Å². The molecule has 2 aromatic rings. The highest BCUT2D eigenvalue weighted by atomic mass is 16.5. The minimum atomic E-state index is -1.52. The number of phenols is 2. The van der Waals surface area contributed by atoms with Gasteiger partial charge in [0.25, 0.3) is 0 Å². The lowest BCUT2D eigenvalue weighted by molar-refractivity contribution is -0.114. The van der Waals surface area contributed by atoms with E-state index >= 15 is 0 Å². The molecule has 0 aliphatic carbocycles. The Labute approximate surface area is 133 Å². The van der Waals surface area contributed by atoms with Gasteiger partial charge in [0, 0.05) is 18.1 Å². The topological polar surface area (TPSA) is 99.4 Å². The highest BCUT2D eigenvalue weighted by Gasteiger charge is 2.42. The minimum Gasteiger partial charge on any atom is -0.508 e. The van der Waals surface area contributed by atoms with E-state index in [0.717, 1.165) is 0 Å². The van der Waals surface area contributed by atoms with Gasteiger partial charge in [0.1, 0.15) is 29.8 Å². The molecule has 3 rings (SSSR count). The molecule has 23 heavy (non-hydrogen) atoms. The third kappa shape index (κ3) is 2.78. The first-order valence-electron chi connectivity index (χ1n) is 7.15. The maximum atomic E-state index is 10.8. The van der Waals surface area contributed by atoms with Gasteiger partial charge in [-0.1, -0.05) is 6.07 Å². The standard InChI is InChI=1S/C17H18O6/c1-22-15-6-10(2-5-13(15)19)8-17(21)9-23-14-7-11(18)3-4-12(14)16(17)20/h2-7,16,18-21H,8-9H2,1H3/t16-,17+/m0/s1. The number of ether oxygens (including phenoxy) is 2. The van der Waals surface area contributed by atoms with Crippen molar-refractivity contribution in [3.8, 4) is 23.0 Å². The fraction of sp³-hybridized carbons (Fsp3) is 0.294. The number of aliphatic hydroxyl groups excluding tert-OH is 1. The summed E-state index contributed by atoms with van der Waals surface area (Å²) >= 11 is 0. The lowest BCUT2D eigenvalue weighted by atomic mass is 9.84. The van der Waals surface area contributed by atoms with Gasteiger partial charge >= 0.3 is 0 Å². The van der Waals surface area contributed by atoms with Crippen molar-refractivity contribution in [2.45, 2.75) is 18.1 Å². The van der Waals surface area contributed by atoms with Gasteiger partial charge in [-0.15, -0.1) is 0 Å². The lowest BCUT2D eigenvalue weighted by Gasteiger charge is -2.38. The van der Waals surface area contributed by atoms with E-state index in [4.69, 9.17) is 9.47 Å². The Balaban J connectivity index is 1.89. The molecule has 1 heterocycles. The predicted molar refractivity (Wildman–Crippen MR) is 81.9 cm³/mol. The molecule has 0 amide bonds. The summed E-state index contributed by atoms with van der Waals surface area (Å²) in [6, 6.07) is 9.08. The van der Waals surface area contributed by atoms with E-state index in [-0.39, 0.29) is 24.5 Å². The number of hydrogen-bond acceptors (Lipinski definition) is 6. The Morgan fingerprint density at radius 3 is 2.74 bits per heavy atom. The van der Waals surface area contributed by atoms with Gasteiger partial charge in [0.15, 0.2) is 11.5 Å². The van der Waals surface area contributed by atoms with Crippen LogP contribution in [0.4, 0.5) is 0 Å². The molecule has 0 aromatic heterocycles. The molecule has 6 nitrogen and oxygen atoms in total. The summed E-state index contributed by atoms with van der Waals surface area (Å²) in [5, 5.41) is 40.4. The van der Waals surface area contributed by atoms with Crippen LogP contribution in [-0.4, -0.2) is 39.7 Å². The van der Waals surface area contributed by atoms with Crippen molar-refractivity contribution in [1.29, 1.82) is 0 Å². The van der Waals surface area contributed by atoms with E-state index in [1.165, 1.54) is 31.4 Å². The molecule has 2 aromatic carbocycles. The van der Waals surface area contributed by atoms with Crippen LogP contribution in [0.25, 0.3) is 0 Å². The van der Waals surface area contributed by atoms with Crippen molar-refractivity contribution < 1.29 is 29.9 Å². The average molecular weight is 318 g/mol. The molecule has 122 valence electrons. The molecule has 4 N–H and O–H groups in total. The van der Waals surface area contributed by atoms with Crippen molar-refractivity contribution in [3.63, 3.8) is 0 Å². The van der Waals surface area contributed by atoms with Crippen molar-refractivity contribution in [1.82, 2.24) is 0 Å². The average Bonchev–Trinajstić information content (AvgIpc) is 2.53. The summed E-state index contributed by atoms with van der Waals surface area (Å²) in [6.07, 6.45) is -1.04. The maximum Gasteiger partial charge on any atom is 0.160 e. The fourth-order valence-electron chi connectivity index (χ4n) is 2.78. The maximum absolute atomic E-state index is 10.8. The Morgan fingerprint density at radius 1 is 1.22 bits per heavy atom. The Bertz CT molecular complexity index is 729. The largest absolute Gasteiger partial charge is 0.508 e. The third-order valence-electron chi connectivity index (χ3n) is 4.03. The first-order chi connectivity index (χ1) is 10.9. The molecule has 0 spiro atoms. The Hall–Kier alpha value is -2.44. The first kappa shape index (κ1) is 15.5. The summed E-state index contributed by atoms with van der Waals surface area (Å²) in [4.78, 5) is 0. The number of fused-ring (bicyclic) bond motifs is 1. The van der Waals surface area contributed by atoms with E-state index in [0.29, 0.717) is 22.6 Å². The summed E-state index contributed by atoms with van der Waals surface area (Å²) in [7, 11) is 1.44. The van der Waals surface area contributed by atoms with Crippen LogP contribution in [0.1, 0.15) is 17.2 Å². The van der Waals surface area contributed by atoms with Gasteiger partial charge in [-0.25, -0.2) is 0 Å². The number of methoxy groups -OCH3 is 1. The molecular weight excluding hydrogens is 300 g/mol. The number of aromatic hydroxyl groups is 2. The van der Waals surface area contributed by atoms with Crippen LogP contribution in [0.5, 0.6) is 23.0 Å². The molecule has 0 bridgehead atoms. The second kappa shape index (κ2) is 5.64. The zero-order valence-electron chi connectivity index (χ0n) is 12.6. The van der Waals surface area contributed by atoms with Crippen molar-refractivity contribution in [2.24, 2.45) is 0 Å². The summed E-state index contributed by atoms with van der Waals surface area (Å²) in [6.45, 7) is -0.117. The molecule has 0 fully saturated rings. The minimum absolute atomic E-state index is 0.00417. The molecule has 0 unspecified atom stereocenters. The van der Waals surface area contributed by atoms with E-state index < -0.39 is 11.7 Å². The van der Waals surface area contributed by atoms with Crippen LogP contribution < -0.4 is 9.47 Å². The molecule has 6 heteroatoms. The van der Waals surface area contributed by atoms with Crippen LogP contribution >= 0.6 is 0 Å². The highest BCUT2D eigenvalue weighted by molar-refractivity contribution is 5.45. The number of rotatable bonds is 3. The van der Waals surface area contributed by atoms with Crippen LogP contribution in [0.15, 0.2) is 36.4 Å². The molecule has 0 saturated heterocycles. The molecule has 2 atom stereocenters. The monoisotopic (exact) mass is 318 g/mol. The zero-order chi connectivity index (χ0) is 16.6. The van der Waals surface area contributed by atoms with Crippen molar-refractivity contribution in [2.75, 3.05) is 13.7 Å². The number of benzene rings is 2. The molecular formula is C17H18O6. The smallest absolute Gasteiger partial charge is 0.160 e. The Kier molecular flexibility index (Phi) is 3.79. The van der Waals surface area contributed by atoms with Gasteiger partial charge in [0.2, 0.25) is 0 Å². The lowest BCUT2D eigenvalue weighted by Crippen LogP contribution is -2.47. The summed E-state index contributed by atoms with van der Waals surface area (Å²) in [5.74, 6) is 0.683. The Morgan fingerprint density at radius 2 is 2.00 bits per heavy atom. The number of phenolic OH excluding ortho intramolecular Hbond substituents is 2. The van der Waals surface area contributed by atoms with Gasteiger partial charge in [-0.2, -0.15) is 0 Å². The van der Waals surface area contributed by atoms with Crippen LogP contribution in [0.3, 0.4) is 0 Å². The third-order valence-corrected chi connectivity index (χ3v) is 4.03. The fourth-order valence-corrected chi connectivity index (χ4v) is 2.78. The van der Waals surface area contributed by atoms with Gasteiger partial charge in [-0.05, 0) is 29.8 Å². The first-order valence-corrected chi connectivity index (χ1v) is 7.15. The molecule has 0 saturated carbocycles.